The average molecular weight is 209 g/mol. The maximum absolute atomic E-state index is 13.6. The Hall–Kier alpha value is -1.58. The van der Waals surface area contributed by atoms with E-state index in [1.165, 1.54) is 0 Å². The molecule has 0 fully saturated rings. The fourth-order valence-electron chi connectivity index (χ4n) is 2.02. The molecule has 1 heterocycles. The molecule has 80 valence electrons. The van der Waals surface area contributed by atoms with Gasteiger partial charge in [0, 0.05) is 13.6 Å². The first-order valence-corrected chi connectivity index (χ1v) is 4.86. The fraction of sp³-hybridized carbons (Fsp3) is 0.364. The molecule has 0 spiro atoms. The second kappa shape index (κ2) is 3.53. The van der Waals surface area contributed by atoms with Gasteiger partial charge in [0.15, 0.2) is 0 Å². The molecule has 2 rings (SSSR count). The molecule has 0 radical (unpaired) electrons. The molecule has 15 heavy (non-hydrogen) atoms. The first-order valence-electron chi connectivity index (χ1n) is 4.86. The molecule has 4 heteroatoms. The topological polar surface area (TPSA) is 40.5 Å². The Labute approximate surface area is 87.1 Å². The van der Waals surface area contributed by atoms with Crippen molar-refractivity contribution in [1.82, 2.24) is 0 Å². The summed E-state index contributed by atoms with van der Waals surface area (Å²) in [4.78, 5) is 12.6. The minimum absolute atomic E-state index is 0.0292. The molecule has 0 amide bonds. The van der Waals surface area contributed by atoms with Gasteiger partial charge in [-0.1, -0.05) is 0 Å². The van der Waals surface area contributed by atoms with Gasteiger partial charge in [-0.3, -0.25) is 0 Å². The smallest absolute Gasteiger partial charge is 0.335 e. The lowest BCUT2D eigenvalue weighted by Gasteiger charge is -2.28. The second-order valence-electron chi connectivity index (χ2n) is 3.80. The number of hydrogen-bond donors (Lipinski definition) is 1. The summed E-state index contributed by atoms with van der Waals surface area (Å²) in [6.45, 7) is 0.816. The maximum atomic E-state index is 13.6. The van der Waals surface area contributed by atoms with Crippen LogP contribution in [-0.4, -0.2) is 24.7 Å². The van der Waals surface area contributed by atoms with Crippen LogP contribution in [0.5, 0.6) is 0 Å². The molecule has 0 saturated carbocycles. The van der Waals surface area contributed by atoms with Crippen LogP contribution in [0, 0.1) is 5.82 Å². The number of carbonyl (C=O) groups is 1. The maximum Gasteiger partial charge on any atom is 0.335 e. The van der Waals surface area contributed by atoms with Crippen LogP contribution in [0.2, 0.25) is 0 Å². The molecule has 0 aromatic heterocycles. The summed E-state index contributed by atoms with van der Waals surface area (Å²) >= 11 is 0. The molecule has 1 aliphatic rings. The Balaban J connectivity index is 2.55. The van der Waals surface area contributed by atoms with Crippen molar-refractivity contribution >= 4 is 11.7 Å². The Morgan fingerprint density at radius 1 is 1.53 bits per heavy atom. The number of halogens is 1. The van der Waals surface area contributed by atoms with Crippen LogP contribution in [0.1, 0.15) is 22.3 Å². The van der Waals surface area contributed by atoms with Crippen molar-refractivity contribution in [3.05, 3.63) is 29.1 Å². The van der Waals surface area contributed by atoms with Gasteiger partial charge in [0.1, 0.15) is 5.82 Å². The van der Waals surface area contributed by atoms with Gasteiger partial charge in [-0.25, -0.2) is 9.18 Å². The molecule has 1 aromatic rings. The standard InChI is InChI=1S/C11H12FNO2/c1-13-4-2-3-7-5-8(11(14)15)6-9(12)10(7)13/h5-6H,2-4H2,1H3,(H,14,15). The van der Waals surface area contributed by atoms with Gasteiger partial charge in [-0.05, 0) is 30.5 Å². The van der Waals surface area contributed by atoms with E-state index < -0.39 is 11.8 Å². The highest BCUT2D eigenvalue weighted by Gasteiger charge is 2.20. The number of aromatic carboxylic acids is 1. The van der Waals surface area contributed by atoms with Crippen molar-refractivity contribution in [3.8, 4) is 0 Å². The third-order valence-corrected chi connectivity index (χ3v) is 2.71. The van der Waals surface area contributed by atoms with Crippen molar-refractivity contribution in [2.24, 2.45) is 0 Å². The summed E-state index contributed by atoms with van der Waals surface area (Å²) in [6.07, 6.45) is 1.68. The van der Waals surface area contributed by atoms with Gasteiger partial charge in [0.05, 0.1) is 11.3 Å². The van der Waals surface area contributed by atoms with E-state index in [-0.39, 0.29) is 5.56 Å². The monoisotopic (exact) mass is 209 g/mol. The Morgan fingerprint density at radius 2 is 2.27 bits per heavy atom. The predicted octanol–water partition coefficient (Wildman–Crippen LogP) is 1.91. The summed E-state index contributed by atoms with van der Waals surface area (Å²) in [7, 11) is 1.82. The minimum Gasteiger partial charge on any atom is -0.478 e. The zero-order valence-electron chi connectivity index (χ0n) is 8.46. The van der Waals surface area contributed by atoms with Crippen LogP contribution in [0.25, 0.3) is 0 Å². The summed E-state index contributed by atoms with van der Waals surface area (Å²) < 4.78 is 13.6. The van der Waals surface area contributed by atoms with Crippen LogP contribution in [0.3, 0.4) is 0 Å². The quantitative estimate of drug-likeness (QED) is 0.768. The van der Waals surface area contributed by atoms with Gasteiger partial charge >= 0.3 is 5.97 Å². The Kier molecular flexibility index (Phi) is 2.34. The molecule has 1 aromatic carbocycles. The number of rotatable bonds is 1. The molecule has 0 bridgehead atoms. The number of benzene rings is 1. The molecule has 0 atom stereocenters. The molecule has 0 saturated heterocycles. The Morgan fingerprint density at radius 3 is 2.93 bits per heavy atom. The first kappa shape index (κ1) is 9.96. The molecule has 0 unspecified atom stereocenters. The van der Waals surface area contributed by atoms with E-state index in [2.05, 4.69) is 0 Å². The molecule has 0 aliphatic carbocycles. The molecule has 1 aliphatic heterocycles. The predicted molar refractivity (Wildman–Crippen MR) is 55.0 cm³/mol. The van der Waals surface area contributed by atoms with Gasteiger partial charge in [0.25, 0.3) is 0 Å². The lowest BCUT2D eigenvalue weighted by atomic mass is 9.99. The van der Waals surface area contributed by atoms with Crippen molar-refractivity contribution in [2.75, 3.05) is 18.5 Å². The van der Waals surface area contributed by atoms with Crippen LogP contribution < -0.4 is 4.90 Å². The van der Waals surface area contributed by atoms with Crippen LogP contribution in [0.15, 0.2) is 12.1 Å². The van der Waals surface area contributed by atoms with E-state index in [9.17, 15) is 9.18 Å². The molecular weight excluding hydrogens is 197 g/mol. The van der Waals surface area contributed by atoms with E-state index >= 15 is 0 Å². The third-order valence-electron chi connectivity index (χ3n) is 2.71. The number of carboxylic acid groups (broad SMARTS) is 1. The minimum atomic E-state index is -1.08. The number of carboxylic acids is 1. The molecule has 3 nitrogen and oxygen atoms in total. The van der Waals surface area contributed by atoms with Crippen molar-refractivity contribution in [2.45, 2.75) is 12.8 Å². The second-order valence-corrected chi connectivity index (χ2v) is 3.80. The highest BCUT2D eigenvalue weighted by atomic mass is 19.1. The lowest BCUT2D eigenvalue weighted by Crippen LogP contribution is -2.26. The number of nitrogens with zero attached hydrogens (tertiary/aromatic N) is 1. The van der Waals surface area contributed by atoms with E-state index in [0.29, 0.717) is 5.69 Å². The largest absolute Gasteiger partial charge is 0.478 e. The average Bonchev–Trinajstić information content (AvgIpc) is 2.17. The number of anilines is 1. The SMILES string of the molecule is CN1CCCc2cc(C(=O)O)cc(F)c21. The van der Waals surface area contributed by atoms with Crippen molar-refractivity contribution in [3.63, 3.8) is 0 Å². The highest BCUT2D eigenvalue weighted by molar-refractivity contribution is 5.88. The van der Waals surface area contributed by atoms with E-state index in [0.717, 1.165) is 31.0 Å². The van der Waals surface area contributed by atoms with Crippen molar-refractivity contribution < 1.29 is 14.3 Å². The van der Waals surface area contributed by atoms with Crippen molar-refractivity contribution in [1.29, 1.82) is 0 Å². The normalized spacial score (nSPS) is 14.9. The summed E-state index contributed by atoms with van der Waals surface area (Å²) in [5.74, 6) is -1.52. The summed E-state index contributed by atoms with van der Waals surface area (Å²) in [5.41, 5.74) is 1.37. The van der Waals surface area contributed by atoms with E-state index in [1.54, 1.807) is 6.07 Å². The van der Waals surface area contributed by atoms with Crippen LogP contribution >= 0.6 is 0 Å². The lowest BCUT2D eigenvalue weighted by molar-refractivity contribution is 0.0696. The first-order chi connectivity index (χ1) is 7.09. The zero-order valence-corrected chi connectivity index (χ0v) is 8.46. The number of aryl methyl sites for hydroxylation is 1. The van der Waals surface area contributed by atoms with Gasteiger partial charge in [0.2, 0.25) is 0 Å². The van der Waals surface area contributed by atoms with E-state index in [1.807, 2.05) is 11.9 Å². The zero-order chi connectivity index (χ0) is 11.0. The van der Waals surface area contributed by atoms with Gasteiger partial charge < -0.3 is 10.0 Å². The number of hydrogen-bond acceptors (Lipinski definition) is 2. The fourth-order valence-corrected chi connectivity index (χ4v) is 2.02. The molecular formula is C11H12FNO2. The van der Waals surface area contributed by atoms with Crippen LogP contribution in [-0.2, 0) is 6.42 Å². The highest BCUT2D eigenvalue weighted by Crippen LogP contribution is 2.30. The number of fused-ring (bicyclic) bond motifs is 1. The van der Waals surface area contributed by atoms with Crippen LogP contribution in [0.4, 0.5) is 10.1 Å². The summed E-state index contributed by atoms with van der Waals surface area (Å²) in [6, 6.07) is 2.65. The van der Waals surface area contributed by atoms with Gasteiger partial charge in [-0.15, -0.1) is 0 Å². The van der Waals surface area contributed by atoms with Gasteiger partial charge in [-0.2, -0.15) is 0 Å². The molecule has 1 N–H and O–H groups in total. The Bertz CT molecular complexity index is 417. The van der Waals surface area contributed by atoms with E-state index in [4.69, 9.17) is 5.11 Å². The summed E-state index contributed by atoms with van der Waals surface area (Å²) in [5, 5.41) is 8.80. The third kappa shape index (κ3) is 1.67.